The van der Waals surface area contributed by atoms with E-state index in [4.69, 9.17) is 4.74 Å². The summed E-state index contributed by atoms with van der Waals surface area (Å²) in [7, 11) is 0. The second kappa shape index (κ2) is 7.24. The highest BCUT2D eigenvalue weighted by Gasteiger charge is 2.14. The van der Waals surface area contributed by atoms with Crippen molar-refractivity contribution < 1.29 is 9.84 Å². The van der Waals surface area contributed by atoms with E-state index < -0.39 is 0 Å². The summed E-state index contributed by atoms with van der Waals surface area (Å²) in [5, 5.41) is 9.68. The van der Waals surface area contributed by atoms with E-state index in [-0.39, 0.29) is 6.10 Å². The van der Waals surface area contributed by atoms with E-state index >= 15 is 0 Å². The zero-order valence-electron chi connectivity index (χ0n) is 10.2. The first-order valence-corrected chi connectivity index (χ1v) is 6.48. The van der Waals surface area contributed by atoms with Gasteiger partial charge in [-0.05, 0) is 38.0 Å². The van der Waals surface area contributed by atoms with Crippen LogP contribution >= 0.6 is 0 Å². The minimum absolute atomic E-state index is 0.0884. The molecule has 0 aromatic rings. The van der Waals surface area contributed by atoms with Gasteiger partial charge in [-0.2, -0.15) is 0 Å². The molecule has 1 aliphatic heterocycles. The van der Waals surface area contributed by atoms with Crippen molar-refractivity contribution in [3.8, 4) is 0 Å². The molecule has 0 saturated carbocycles. The summed E-state index contributed by atoms with van der Waals surface area (Å²) in [6.45, 7) is 5.28. The van der Waals surface area contributed by atoms with Crippen molar-refractivity contribution in [2.24, 2.45) is 5.92 Å². The summed E-state index contributed by atoms with van der Waals surface area (Å²) in [6, 6.07) is 0. The van der Waals surface area contributed by atoms with Gasteiger partial charge in [-0.1, -0.05) is 26.7 Å². The first kappa shape index (κ1) is 13.0. The van der Waals surface area contributed by atoms with Crippen LogP contribution < -0.4 is 0 Å². The lowest BCUT2D eigenvalue weighted by molar-refractivity contribution is 0.0977. The van der Waals surface area contributed by atoms with Crippen molar-refractivity contribution in [3.05, 3.63) is 0 Å². The molecule has 1 fully saturated rings. The van der Waals surface area contributed by atoms with Gasteiger partial charge in [-0.15, -0.1) is 0 Å². The highest BCUT2D eigenvalue weighted by molar-refractivity contribution is 4.65. The lowest BCUT2D eigenvalue weighted by atomic mass is 10.00. The van der Waals surface area contributed by atoms with Crippen molar-refractivity contribution in [2.75, 3.05) is 6.61 Å². The van der Waals surface area contributed by atoms with Crippen LogP contribution in [0.2, 0.25) is 0 Å². The third kappa shape index (κ3) is 6.16. The average molecular weight is 214 g/mol. The standard InChI is InChI=1S/C13H26O2/c1-11(2)10-12(14)6-3-4-7-13-8-5-9-15-13/h11-14H,3-10H2,1-2H3. The Kier molecular flexibility index (Phi) is 6.26. The van der Waals surface area contributed by atoms with Crippen LogP contribution in [0.25, 0.3) is 0 Å². The number of aliphatic hydroxyl groups is 1. The highest BCUT2D eigenvalue weighted by Crippen LogP contribution is 2.19. The second-order valence-electron chi connectivity index (χ2n) is 5.20. The maximum Gasteiger partial charge on any atom is 0.0576 e. The summed E-state index contributed by atoms with van der Waals surface area (Å²) in [4.78, 5) is 0. The molecule has 0 aromatic heterocycles. The molecule has 1 N–H and O–H groups in total. The number of hydrogen-bond donors (Lipinski definition) is 1. The summed E-state index contributed by atoms with van der Waals surface area (Å²) in [5.41, 5.74) is 0. The predicted molar refractivity (Wildman–Crippen MR) is 62.9 cm³/mol. The van der Waals surface area contributed by atoms with Crippen molar-refractivity contribution in [1.82, 2.24) is 0 Å². The zero-order valence-corrected chi connectivity index (χ0v) is 10.2. The molecular formula is C13H26O2. The molecule has 0 amide bonds. The van der Waals surface area contributed by atoms with Gasteiger partial charge in [0.1, 0.15) is 0 Å². The normalized spacial score (nSPS) is 23.6. The largest absolute Gasteiger partial charge is 0.393 e. The lowest BCUT2D eigenvalue weighted by Gasteiger charge is -2.13. The van der Waals surface area contributed by atoms with Gasteiger partial charge in [0, 0.05) is 6.61 Å². The summed E-state index contributed by atoms with van der Waals surface area (Å²) < 4.78 is 5.56. The van der Waals surface area contributed by atoms with E-state index in [0.29, 0.717) is 12.0 Å². The minimum atomic E-state index is -0.0884. The van der Waals surface area contributed by atoms with Crippen LogP contribution in [0, 0.1) is 5.92 Å². The van der Waals surface area contributed by atoms with Crippen molar-refractivity contribution in [2.45, 2.75) is 71.0 Å². The van der Waals surface area contributed by atoms with E-state index in [1.165, 1.54) is 25.7 Å². The monoisotopic (exact) mass is 214 g/mol. The van der Waals surface area contributed by atoms with E-state index in [1.54, 1.807) is 0 Å². The molecule has 1 heterocycles. The number of unbranched alkanes of at least 4 members (excludes halogenated alkanes) is 1. The molecule has 15 heavy (non-hydrogen) atoms. The first-order chi connectivity index (χ1) is 7.18. The Balaban J connectivity index is 1.91. The Hall–Kier alpha value is -0.0800. The fourth-order valence-electron chi connectivity index (χ4n) is 2.29. The van der Waals surface area contributed by atoms with Gasteiger partial charge in [-0.25, -0.2) is 0 Å². The smallest absolute Gasteiger partial charge is 0.0576 e. The van der Waals surface area contributed by atoms with E-state index in [2.05, 4.69) is 13.8 Å². The molecule has 0 radical (unpaired) electrons. The quantitative estimate of drug-likeness (QED) is 0.660. The van der Waals surface area contributed by atoms with Crippen LogP contribution in [0.15, 0.2) is 0 Å². The minimum Gasteiger partial charge on any atom is -0.393 e. The zero-order chi connectivity index (χ0) is 11.1. The molecule has 0 spiro atoms. The summed E-state index contributed by atoms with van der Waals surface area (Å²) >= 11 is 0. The maximum atomic E-state index is 9.68. The Morgan fingerprint density at radius 1 is 1.33 bits per heavy atom. The van der Waals surface area contributed by atoms with Crippen LogP contribution in [0.1, 0.15) is 58.8 Å². The lowest BCUT2D eigenvalue weighted by Crippen LogP contribution is -2.10. The van der Waals surface area contributed by atoms with Crippen LogP contribution in [0.4, 0.5) is 0 Å². The SMILES string of the molecule is CC(C)CC(O)CCCCC1CCCO1. The van der Waals surface area contributed by atoms with Crippen molar-refractivity contribution >= 4 is 0 Å². The molecule has 90 valence electrons. The van der Waals surface area contributed by atoms with E-state index in [9.17, 15) is 5.11 Å². The third-order valence-electron chi connectivity index (χ3n) is 3.08. The average Bonchev–Trinajstić information content (AvgIpc) is 2.63. The topological polar surface area (TPSA) is 29.5 Å². The van der Waals surface area contributed by atoms with Gasteiger partial charge in [0.25, 0.3) is 0 Å². The van der Waals surface area contributed by atoms with Crippen LogP contribution in [0.3, 0.4) is 0 Å². The van der Waals surface area contributed by atoms with Gasteiger partial charge in [0.15, 0.2) is 0 Å². The molecule has 0 bridgehead atoms. The molecule has 0 aliphatic carbocycles. The molecule has 2 nitrogen and oxygen atoms in total. The first-order valence-electron chi connectivity index (χ1n) is 6.48. The predicted octanol–water partition coefficient (Wildman–Crippen LogP) is 3.13. The van der Waals surface area contributed by atoms with Gasteiger partial charge in [0.05, 0.1) is 12.2 Å². The summed E-state index contributed by atoms with van der Waals surface area (Å²) in [5.74, 6) is 0.609. The molecular weight excluding hydrogens is 188 g/mol. The molecule has 1 rings (SSSR count). The van der Waals surface area contributed by atoms with Gasteiger partial charge >= 0.3 is 0 Å². The fraction of sp³-hybridized carbons (Fsp3) is 1.00. The molecule has 2 heteroatoms. The Morgan fingerprint density at radius 3 is 2.73 bits per heavy atom. The maximum absolute atomic E-state index is 9.68. The summed E-state index contributed by atoms with van der Waals surface area (Å²) in [6.07, 6.45) is 8.36. The van der Waals surface area contributed by atoms with Crippen molar-refractivity contribution in [1.29, 1.82) is 0 Å². The molecule has 2 atom stereocenters. The van der Waals surface area contributed by atoms with E-state index in [1.807, 2.05) is 0 Å². The Morgan fingerprint density at radius 2 is 2.13 bits per heavy atom. The Labute approximate surface area is 94.0 Å². The number of ether oxygens (including phenoxy) is 1. The molecule has 0 aromatic carbocycles. The van der Waals surface area contributed by atoms with Gasteiger partial charge < -0.3 is 9.84 Å². The second-order valence-corrected chi connectivity index (χ2v) is 5.20. The molecule has 2 unspecified atom stereocenters. The van der Waals surface area contributed by atoms with Gasteiger partial charge in [-0.3, -0.25) is 0 Å². The number of hydrogen-bond acceptors (Lipinski definition) is 2. The third-order valence-corrected chi connectivity index (χ3v) is 3.08. The fourth-order valence-corrected chi connectivity index (χ4v) is 2.29. The Bertz CT molecular complexity index is 151. The van der Waals surface area contributed by atoms with Crippen LogP contribution in [-0.2, 0) is 4.74 Å². The van der Waals surface area contributed by atoms with Crippen molar-refractivity contribution in [3.63, 3.8) is 0 Å². The van der Waals surface area contributed by atoms with Gasteiger partial charge in [0.2, 0.25) is 0 Å². The molecule has 1 saturated heterocycles. The number of rotatable bonds is 7. The van der Waals surface area contributed by atoms with Crippen LogP contribution in [0.5, 0.6) is 0 Å². The van der Waals surface area contributed by atoms with Crippen LogP contribution in [-0.4, -0.2) is 23.9 Å². The highest BCUT2D eigenvalue weighted by atomic mass is 16.5. The number of aliphatic hydroxyl groups excluding tert-OH is 1. The molecule has 1 aliphatic rings. The van der Waals surface area contributed by atoms with E-state index in [0.717, 1.165) is 25.9 Å².